The van der Waals surface area contributed by atoms with E-state index < -0.39 is 5.97 Å². The van der Waals surface area contributed by atoms with Crippen molar-refractivity contribution in [3.05, 3.63) is 42.0 Å². The molecule has 0 heterocycles. The van der Waals surface area contributed by atoms with Crippen LogP contribution in [0.3, 0.4) is 0 Å². The van der Waals surface area contributed by atoms with Crippen LogP contribution < -0.4 is 4.74 Å². The van der Waals surface area contributed by atoms with Crippen LogP contribution >= 0.6 is 0 Å². The Bertz CT molecular complexity index is 445. The predicted molar refractivity (Wildman–Crippen MR) is 69.0 cm³/mol. The first kappa shape index (κ1) is 13.0. The van der Waals surface area contributed by atoms with Crippen LogP contribution in [0.4, 0.5) is 0 Å². The Morgan fingerprint density at radius 3 is 2.65 bits per heavy atom. The van der Waals surface area contributed by atoms with Gasteiger partial charge < -0.3 is 9.84 Å². The number of aliphatic carboxylic acids is 1. The van der Waals surface area contributed by atoms with Gasteiger partial charge in [0.1, 0.15) is 5.75 Å². The van der Waals surface area contributed by atoms with Gasteiger partial charge in [0.25, 0.3) is 0 Å². The fourth-order valence-electron chi connectivity index (χ4n) is 1.39. The van der Waals surface area contributed by atoms with E-state index in [0.717, 1.165) is 23.0 Å². The Labute approximate surface area is 101 Å². The van der Waals surface area contributed by atoms with Gasteiger partial charge in [-0.2, -0.15) is 0 Å². The molecule has 0 aliphatic heterocycles. The number of carboxylic acid groups (broad SMARTS) is 1. The normalized spacial score (nSPS) is 10.8. The fourth-order valence-corrected chi connectivity index (χ4v) is 1.39. The zero-order valence-electron chi connectivity index (χ0n) is 10.0. The molecule has 0 spiro atoms. The summed E-state index contributed by atoms with van der Waals surface area (Å²) in [6.07, 6.45) is 4.42. The van der Waals surface area contributed by atoms with Crippen molar-refractivity contribution in [1.82, 2.24) is 0 Å². The standard InChI is InChI=1S/C14H16O3/c1-4-11-9-13(17-10(2)3)7-5-12(11)6-8-14(15)16/h4-10H,1H2,2-3H3,(H,15,16). The molecule has 3 nitrogen and oxygen atoms in total. The summed E-state index contributed by atoms with van der Waals surface area (Å²) in [6, 6.07) is 5.47. The van der Waals surface area contributed by atoms with E-state index in [2.05, 4.69) is 6.58 Å². The van der Waals surface area contributed by atoms with Crippen molar-refractivity contribution >= 4 is 18.1 Å². The lowest BCUT2D eigenvalue weighted by atomic mass is 10.1. The molecule has 0 saturated carbocycles. The fraction of sp³-hybridized carbons (Fsp3) is 0.214. The number of ether oxygens (including phenoxy) is 1. The maximum absolute atomic E-state index is 10.4. The van der Waals surface area contributed by atoms with E-state index >= 15 is 0 Å². The third-order valence-electron chi connectivity index (χ3n) is 2.06. The Morgan fingerprint density at radius 2 is 2.12 bits per heavy atom. The molecule has 0 radical (unpaired) electrons. The summed E-state index contributed by atoms with van der Waals surface area (Å²) in [5, 5.41) is 8.57. The Hall–Kier alpha value is -2.03. The van der Waals surface area contributed by atoms with Crippen molar-refractivity contribution in [1.29, 1.82) is 0 Å². The molecule has 0 amide bonds. The van der Waals surface area contributed by atoms with Crippen LogP contribution in [-0.4, -0.2) is 17.2 Å². The first-order chi connectivity index (χ1) is 8.02. The van der Waals surface area contributed by atoms with Crippen LogP contribution in [0.25, 0.3) is 12.2 Å². The van der Waals surface area contributed by atoms with Gasteiger partial charge in [-0.3, -0.25) is 0 Å². The molecule has 90 valence electrons. The van der Waals surface area contributed by atoms with Crippen LogP contribution in [0.5, 0.6) is 5.75 Å². The van der Waals surface area contributed by atoms with E-state index in [0.29, 0.717) is 0 Å². The molecule has 3 heteroatoms. The summed E-state index contributed by atoms with van der Waals surface area (Å²) in [7, 11) is 0. The molecule has 0 aliphatic carbocycles. The number of carbonyl (C=O) groups is 1. The van der Waals surface area contributed by atoms with Crippen LogP contribution in [0.2, 0.25) is 0 Å². The largest absolute Gasteiger partial charge is 0.491 e. The molecule has 0 atom stereocenters. The summed E-state index contributed by atoms with van der Waals surface area (Å²) in [5.41, 5.74) is 1.65. The first-order valence-corrected chi connectivity index (χ1v) is 5.37. The lowest BCUT2D eigenvalue weighted by Crippen LogP contribution is -2.05. The van der Waals surface area contributed by atoms with Gasteiger partial charge >= 0.3 is 5.97 Å². The predicted octanol–water partition coefficient (Wildman–Crippen LogP) is 3.21. The van der Waals surface area contributed by atoms with Gasteiger partial charge in [0.2, 0.25) is 0 Å². The lowest BCUT2D eigenvalue weighted by Gasteiger charge is -2.11. The first-order valence-electron chi connectivity index (χ1n) is 5.37. The van der Waals surface area contributed by atoms with Gasteiger partial charge in [-0.25, -0.2) is 4.79 Å². The van der Waals surface area contributed by atoms with Gasteiger partial charge in [-0.15, -0.1) is 0 Å². The minimum Gasteiger partial charge on any atom is -0.491 e. The second kappa shape index (κ2) is 5.89. The van der Waals surface area contributed by atoms with Gasteiger partial charge in [-0.05, 0) is 43.2 Å². The average Bonchev–Trinajstić information content (AvgIpc) is 2.26. The number of hydrogen-bond donors (Lipinski definition) is 1. The second-order valence-corrected chi connectivity index (χ2v) is 3.83. The number of benzene rings is 1. The molecule has 1 rings (SSSR count). The zero-order chi connectivity index (χ0) is 12.8. The number of carboxylic acids is 1. The maximum atomic E-state index is 10.4. The van der Waals surface area contributed by atoms with Crippen molar-refractivity contribution in [3.8, 4) is 5.75 Å². The molecule has 1 N–H and O–H groups in total. The minimum absolute atomic E-state index is 0.105. The van der Waals surface area contributed by atoms with Crippen molar-refractivity contribution in [2.45, 2.75) is 20.0 Å². The van der Waals surface area contributed by atoms with E-state index in [4.69, 9.17) is 9.84 Å². The van der Waals surface area contributed by atoms with Crippen molar-refractivity contribution in [3.63, 3.8) is 0 Å². The average molecular weight is 232 g/mol. The molecule has 0 aromatic heterocycles. The Balaban J connectivity index is 3.01. The highest BCUT2D eigenvalue weighted by Gasteiger charge is 2.02. The monoisotopic (exact) mass is 232 g/mol. The SMILES string of the molecule is C=Cc1cc(OC(C)C)ccc1C=CC(=O)O. The summed E-state index contributed by atoms with van der Waals surface area (Å²) in [6.45, 7) is 7.60. The smallest absolute Gasteiger partial charge is 0.328 e. The quantitative estimate of drug-likeness (QED) is 0.793. The molecule has 17 heavy (non-hydrogen) atoms. The molecule has 1 aromatic rings. The van der Waals surface area contributed by atoms with E-state index in [9.17, 15) is 4.79 Å². The van der Waals surface area contributed by atoms with Crippen molar-refractivity contribution in [2.24, 2.45) is 0 Å². The molecule has 0 bridgehead atoms. The minimum atomic E-state index is -0.970. The third-order valence-corrected chi connectivity index (χ3v) is 2.06. The zero-order valence-corrected chi connectivity index (χ0v) is 10.0. The second-order valence-electron chi connectivity index (χ2n) is 3.83. The van der Waals surface area contributed by atoms with E-state index in [1.807, 2.05) is 32.0 Å². The third kappa shape index (κ3) is 4.15. The van der Waals surface area contributed by atoms with Crippen molar-refractivity contribution < 1.29 is 14.6 Å². The Morgan fingerprint density at radius 1 is 1.41 bits per heavy atom. The van der Waals surface area contributed by atoms with E-state index in [-0.39, 0.29) is 6.10 Å². The molecule has 0 unspecified atom stereocenters. The summed E-state index contributed by atoms with van der Waals surface area (Å²) in [4.78, 5) is 10.4. The summed E-state index contributed by atoms with van der Waals surface area (Å²) >= 11 is 0. The maximum Gasteiger partial charge on any atom is 0.328 e. The number of hydrogen-bond acceptors (Lipinski definition) is 2. The van der Waals surface area contributed by atoms with E-state index in [1.54, 1.807) is 12.2 Å². The van der Waals surface area contributed by atoms with Gasteiger partial charge in [0.05, 0.1) is 6.10 Å². The van der Waals surface area contributed by atoms with Crippen LogP contribution in [0, 0.1) is 0 Å². The van der Waals surface area contributed by atoms with E-state index in [1.165, 1.54) is 0 Å². The topological polar surface area (TPSA) is 46.5 Å². The number of rotatable bonds is 5. The molecule has 0 saturated heterocycles. The molecule has 0 aliphatic rings. The van der Waals surface area contributed by atoms with Gasteiger partial charge in [0, 0.05) is 6.08 Å². The summed E-state index contributed by atoms with van der Waals surface area (Å²) in [5.74, 6) is -0.218. The lowest BCUT2D eigenvalue weighted by molar-refractivity contribution is -0.131. The molecule has 1 aromatic carbocycles. The molecule has 0 fully saturated rings. The van der Waals surface area contributed by atoms with Crippen LogP contribution in [0.1, 0.15) is 25.0 Å². The van der Waals surface area contributed by atoms with Crippen molar-refractivity contribution in [2.75, 3.05) is 0 Å². The highest BCUT2D eigenvalue weighted by atomic mass is 16.5. The highest BCUT2D eigenvalue weighted by molar-refractivity contribution is 5.86. The van der Waals surface area contributed by atoms with Gasteiger partial charge in [-0.1, -0.05) is 18.7 Å². The van der Waals surface area contributed by atoms with Crippen LogP contribution in [0.15, 0.2) is 30.9 Å². The highest BCUT2D eigenvalue weighted by Crippen LogP contribution is 2.21. The van der Waals surface area contributed by atoms with Gasteiger partial charge in [0.15, 0.2) is 0 Å². The summed E-state index contributed by atoms with van der Waals surface area (Å²) < 4.78 is 5.55. The molecular formula is C14H16O3. The van der Waals surface area contributed by atoms with Crippen LogP contribution in [-0.2, 0) is 4.79 Å². The molecular weight excluding hydrogens is 216 g/mol. The Kier molecular flexibility index (Phi) is 4.52.